The van der Waals surface area contributed by atoms with Crippen molar-refractivity contribution in [1.29, 1.82) is 0 Å². The zero-order valence-corrected chi connectivity index (χ0v) is 12.5. The van der Waals surface area contributed by atoms with E-state index in [4.69, 9.17) is 4.74 Å². The number of pyridine rings is 1. The number of methoxy groups -OCH3 is 1. The summed E-state index contributed by atoms with van der Waals surface area (Å²) in [5.41, 5.74) is 1.03. The summed E-state index contributed by atoms with van der Waals surface area (Å²) < 4.78 is 6.69. The molecule has 0 N–H and O–H groups in total. The van der Waals surface area contributed by atoms with Gasteiger partial charge < -0.3 is 9.64 Å². The Hall–Kier alpha value is -1.95. The van der Waals surface area contributed by atoms with Crippen LogP contribution in [0.5, 0.6) is 0 Å². The van der Waals surface area contributed by atoms with Crippen LogP contribution in [-0.4, -0.2) is 51.7 Å². The van der Waals surface area contributed by atoms with Crippen molar-refractivity contribution in [2.24, 2.45) is 0 Å². The zero-order valence-electron chi connectivity index (χ0n) is 12.5. The van der Waals surface area contributed by atoms with Crippen molar-refractivity contribution in [2.45, 2.75) is 32.2 Å². The summed E-state index contributed by atoms with van der Waals surface area (Å²) in [6.45, 7) is 4.41. The van der Waals surface area contributed by atoms with Crippen LogP contribution >= 0.6 is 0 Å². The predicted molar refractivity (Wildman–Crippen MR) is 78.3 cm³/mol. The van der Waals surface area contributed by atoms with E-state index in [0.29, 0.717) is 17.3 Å². The molecular weight excluding hydrogens is 268 g/mol. The molecule has 0 amide bonds. The summed E-state index contributed by atoms with van der Waals surface area (Å²) in [4.78, 5) is 14.2. The van der Waals surface area contributed by atoms with Gasteiger partial charge in [-0.1, -0.05) is 6.92 Å². The maximum absolute atomic E-state index is 11.8. The fourth-order valence-corrected chi connectivity index (χ4v) is 3.13. The third-order valence-electron chi connectivity index (χ3n) is 4.23. The largest absolute Gasteiger partial charge is 0.465 e. The molecule has 1 unspecified atom stereocenters. The molecule has 1 saturated heterocycles. The lowest BCUT2D eigenvalue weighted by Gasteiger charge is -2.21. The van der Waals surface area contributed by atoms with E-state index in [1.165, 1.54) is 20.0 Å². The van der Waals surface area contributed by atoms with Crippen LogP contribution in [0, 0.1) is 0 Å². The maximum atomic E-state index is 11.8. The lowest BCUT2D eigenvalue weighted by Crippen LogP contribution is -2.31. The monoisotopic (exact) mass is 288 g/mol. The summed E-state index contributed by atoms with van der Waals surface area (Å²) in [7, 11) is 1.38. The average molecular weight is 288 g/mol. The third-order valence-corrected chi connectivity index (χ3v) is 4.23. The van der Waals surface area contributed by atoms with Gasteiger partial charge in [-0.05, 0) is 38.1 Å². The van der Waals surface area contributed by atoms with Gasteiger partial charge in [-0.25, -0.2) is 4.79 Å². The number of ether oxygens (including phenoxy) is 1. The first kappa shape index (κ1) is 14.0. The van der Waals surface area contributed by atoms with Crippen LogP contribution in [0.25, 0.3) is 5.65 Å². The van der Waals surface area contributed by atoms with Gasteiger partial charge in [0, 0.05) is 18.7 Å². The number of carbonyl (C=O) groups is 1. The van der Waals surface area contributed by atoms with E-state index in [9.17, 15) is 4.79 Å². The first-order chi connectivity index (χ1) is 10.2. The molecule has 0 radical (unpaired) electrons. The highest BCUT2D eigenvalue weighted by atomic mass is 16.5. The van der Waals surface area contributed by atoms with Gasteiger partial charge in [0.25, 0.3) is 0 Å². The molecule has 6 nitrogen and oxygen atoms in total. The summed E-state index contributed by atoms with van der Waals surface area (Å²) in [6.07, 6.45) is 5.20. The van der Waals surface area contributed by atoms with E-state index in [2.05, 4.69) is 22.0 Å². The summed E-state index contributed by atoms with van der Waals surface area (Å²) >= 11 is 0. The van der Waals surface area contributed by atoms with Gasteiger partial charge in [0.2, 0.25) is 0 Å². The lowest BCUT2D eigenvalue weighted by molar-refractivity contribution is 0.0602. The van der Waals surface area contributed by atoms with Crippen molar-refractivity contribution in [3.63, 3.8) is 0 Å². The molecule has 3 rings (SSSR count). The number of hydrogen-bond acceptors (Lipinski definition) is 5. The number of likely N-dealkylation sites (N-methyl/N-ethyl adjacent to an activating group) is 1. The molecule has 0 aliphatic carbocycles. The second-order valence-corrected chi connectivity index (χ2v) is 5.35. The van der Waals surface area contributed by atoms with Crippen LogP contribution in [-0.2, 0) is 11.2 Å². The van der Waals surface area contributed by atoms with Crippen LogP contribution in [0.3, 0.4) is 0 Å². The molecule has 3 heterocycles. The van der Waals surface area contributed by atoms with Crippen molar-refractivity contribution in [1.82, 2.24) is 19.5 Å². The Labute approximate surface area is 123 Å². The Kier molecular flexibility index (Phi) is 3.88. The first-order valence-corrected chi connectivity index (χ1v) is 7.39. The van der Waals surface area contributed by atoms with Gasteiger partial charge in [0.05, 0.1) is 7.11 Å². The van der Waals surface area contributed by atoms with E-state index in [-0.39, 0.29) is 5.97 Å². The van der Waals surface area contributed by atoms with Crippen LogP contribution in [0.1, 0.15) is 35.9 Å². The van der Waals surface area contributed by atoms with E-state index >= 15 is 0 Å². The second kappa shape index (κ2) is 5.81. The van der Waals surface area contributed by atoms with Crippen molar-refractivity contribution in [3.8, 4) is 0 Å². The molecule has 1 aliphatic rings. The lowest BCUT2D eigenvalue weighted by atomic mass is 10.1. The molecule has 1 atom stereocenters. The highest BCUT2D eigenvalue weighted by Gasteiger charge is 2.25. The highest BCUT2D eigenvalue weighted by Crippen LogP contribution is 2.21. The second-order valence-electron chi connectivity index (χ2n) is 5.35. The Bertz CT molecular complexity index is 652. The van der Waals surface area contributed by atoms with Crippen LogP contribution < -0.4 is 0 Å². The quantitative estimate of drug-likeness (QED) is 0.799. The minimum Gasteiger partial charge on any atom is -0.465 e. The Morgan fingerprint density at radius 2 is 2.33 bits per heavy atom. The number of hydrogen-bond donors (Lipinski definition) is 0. The number of carbonyl (C=O) groups excluding carboxylic acids is 1. The van der Waals surface area contributed by atoms with Crippen LogP contribution in [0.2, 0.25) is 0 Å². The molecule has 6 heteroatoms. The fraction of sp³-hybridized carbons (Fsp3) is 0.533. The molecule has 0 saturated carbocycles. The molecular formula is C15H20N4O2. The molecule has 112 valence electrons. The molecule has 0 spiro atoms. The summed E-state index contributed by atoms with van der Waals surface area (Å²) in [5, 5.41) is 8.46. The van der Waals surface area contributed by atoms with Crippen LogP contribution in [0.4, 0.5) is 0 Å². The Balaban J connectivity index is 1.92. The van der Waals surface area contributed by atoms with E-state index < -0.39 is 0 Å². The summed E-state index contributed by atoms with van der Waals surface area (Å²) in [6, 6.07) is 4.07. The van der Waals surface area contributed by atoms with Crippen molar-refractivity contribution < 1.29 is 9.53 Å². The highest BCUT2D eigenvalue weighted by molar-refractivity contribution is 5.95. The Morgan fingerprint density at radius 3 is 3.10 bits per heavy atom. The van der Waals surface area contributed by atoms with Crippen molar-refractivity contribution >= 4 is 11.6 Å². The standard InChI is InChI=1S/C15H20N4O2/c1-3-18-8-4-6-11(18)10-13-16-17-14-12(15(20)21-2)7-5-9-19(13)14/h5,7,9,11H,3-4,6,8,10H2,1-2H3. The summed E-state index contributed by atoms with van der Waals surface area (Å²) in [5.74, 6) is 0.525. The van der Waals surface area contributed by atoms with Gasteiger partial charge in [-0.3, -0.25) is 4.40 Å². The number of nitrogens with zero attached hydrogens (tertiary/aromatic N) is 4. The molecule has 2 aromatic rings. The van der Waals surface area contributed by atoms with E-state index in [0.717, 1.165) is 25.3 Å². The molecule has 1 aliphatic heterocycles. The van der Waals surface area contributed by atoms with Crippen molar-refractivity contribution in [3.05, 3.63) is 29.7 Å². The molecule has 21 heavy (non-hydrogen) atoms. The minimum absolute atomic E-state index is 0.379. The van der Waals surface area contributed by atoms with Crippen LogP contribution in [0.15, 0.2) is 18.3 Å². The smallest absolute Gasteiger partial charge is 0.341 e. The third kappa shape index (κ3) is 2.51. The topological polar surface area (TPSA) is 59.7 Å². The van der Waals surface area contributed by atoms with E-state index in [1.54, 1.807) is 6.07 Å². The number of fused-ring (bicyclic) bond motifs is 1. The molecule has 0 bridgehead atoms. The molecule has 2 aromatic heterocycles. The molecule has 1 fully saturated rings. The van der Waals surface area contributed by atoms with Crippen molar-refractivity contribution in [2.75, 3.05) is 20.2 Å². The number of rotatable bonds is 4. The number of aromatic nitrogens is 3. The molecule has 0 aromatic carbocycles. The SMILES string of the molecule is CCN1CCCC1Cc1nnc2c(C(=O)OC)cccn12. The minimum atomic E-state index is -0.379. The average Bonchev–Trinajstić information content (AvgIpc) is 3.13. The van der Waals surface area contributed by atoms with Gasteiger partial charge >= 0.3 is 5.97 Å². The first-order valence-electron chi connectivity index (χ1n) is 7.39. The Morgan fingerprint density at radius 1 is 1.48 bits per heavy atom. The van der Waals surface area contributed by atoms with Gasteiger partial charge in [-0.2, -0.15) is 0 Å². The normalized spacial score (nSPS) is 19.2. The van der Waals surface area contributed by atoms with Gasteiger partial charge in [0.15, 0.2) is 5.65 Å². The predicted octanol–water partition coefficient (Wildman–Crippen LogP) is 1.54. The number of likely N-dealkylation sites (tertiary alicyclic amines) is 1. The fourth-order valence-electron chi connectivity index (χ4n) is 3.13. The maximum Gasteiger partial charge on any atom is 0.341 e. The number of esters is 1. The zero-order chi connectivity index (χ0) is 14.8. The van der Waals surface area contributed by atoms with Gasteiger partial charge in [-0.15, -0.1) is 10.2 Å². The van der Waals surface area contributed by atoms with E-state index in [1.807, 2.05) is 16.7 Å². The van der Waals surface area contributed by atoms with Gasteiger partial charge in [0.1, 0.15) is 11.4 Å².